The molecule has 0 heterocycles. The standard InChI is InChI=1S/C21H23ClO7S/c1-6-29-20(25)21(3)13-9-12(13)16(22)15(19(21)24)17(23)11-7-8-14(30(5,26)27)18(28-4)10(11)2/h7-8,12-13H,6,9H2,1-5H3. The number of carbonyl (C=O) groups is 3. The van der Waals surface area contributed by atoms with E-state index in [-0.39, 0.29) is 50.8 Å². The number of ether oxygens (including phenoxy) is 2. The molecule has 2 aliphatic carbocycles. The van der Waals surface area contributed by atoms with Gasteiger partial charge in [0.05, 0.1) is 19.3 Å². The fraction of sp³-hybridized carbons (Fsp3) is 0.476. The van der Waals surface area contributed by atoms with E-state index in [2.05, 4.69) is 0 Å². The van der Waals surface area contributed by atoms with Crippen LogP contribution in [0.5, 0.6) is 5.75 Å². The van der Waals surface area contributed by atoms with Gasteiger partial charge in [0.25, 0.3) is 0 Å². The largest absolute Gasteiger partial charge is 0.495 e. The minimum Gasteiger partial charge on any atom is -0.495 e. The van der Waals surface area contributed by atoms with Crippen LogP contribution in [0.3, 0.4) is 0 Å². The van der Waals surface area contributed by atoms with E-state index < -0.39 is 32.8 Å². The molecular formula is C21H23ClO7S. The lowest BCUT2D eigenvalue weighted by Gasteiger charge is -2.30. The highest BCUT2D eigenvalue weighted by atomic mass is 35.5. The third-order valence-electron chi connectivity index (χ3n) is 5.94. The van der Waals surface area contributed by atoms with Crippen molar-refractivity contribution in [1.82, 2.24) is 0 Å². The van der Waals surface area contributed by atoms with Crippen LogP contribution in [0.4, 0.5) is 0 Å². The Morgan fingerprint density at radius 3 is 2.47 bits per heavy atom. The smallest absolute Gasteiger partial charge is 0.320 e. The molecule has 0 aliphatic heterocycles. The normalized spacial score (nSPS) is 25.6. The maximum absolute atomic E-state index is 13.4. The molecule has 0 radical (unpaired) electrons. The van der Waals surface area contributed by atoms with E-state index in [1.54, 1.807) is 6.92 Å². The van der Waals surface area contributed by atoms with Crippen LogP contribution in [-0.2, 0) is 24.2 Å². The summed E-state index contributed by atoms with van der Waals surface area (Å²) in [6.45, 7) is 4.79. The van der Waals surface area contributed by atoms with Gasteiger partial charge in [0.15, 0.2) is 21.4 Å². The van der Waals surface area contributed by atoms with E-state index in [1.807, 2.05) is 0 Å². The molecule has 0 saturated heterocycles. The van der Waals surface area contributed by atoms with Gasteiger partial charge < -0.3 is 9.47 Å². The average molecular weight is 455 g/mol. The summed E-state index contributed by atoms with van der Waals surface area (Å²) in [5, 5.41) is 0.141. The molecule has 9 heteroatoms. The maximum Gasteiger partial charge on any atom is 0.320 e. The summed E-state index contributed by atoms with van der Waals surface area (Å²) >= 11 is 6.41. The lowest BCUT2D eigenvalue weighted by Crippen LogP contribution is -2.45. The molecular weight excluding hydrogens is 432 g/mol. The number of benzene rings is 1. The third-order valence-corrected chi connectivity index (χ3v) is 7.53. The van der Waals surface area contributed by atoms with Crippen LogP contribution in [-0.4, -0.2) is 45.9 Å². The van der Waals surface area contributed by atoms with Gasteiger partial charge in [0.1, 0.15) is 16.1 Å². The number of rotatable bonds is 6. The van der Waals surface area contributed by atoms with Gasteiger partial charge in [0.2, 0.25) is 0 Å². The molecule has 3 atom stereocenters. The molecule has 1 saturated carbocycles. The molecule has 0 aromatic heterocycles. The Hall–Kier alpha value is -2.19. The zero-order valence-corrected chi connectivity index (χ0v) is 18.9. The van der Waals surface area contributed by atoms with Crippen molar-refractivity contribution in [2.24, 2.45) is 17.3 Å². The molecule has 2 aliphatic rings. The first-order valence-corrected chi connectivity index (χ1v) is 11.7. The van der Waals surface area contributed by atoms with Gasteiger partial charge in [-0.3, -0.25) is 14.4 Å². The Morgan fingerprint density at radius 1 is 1.30 bits per heavy atom. The number of esters is 1. The van der Waals surface area contributed by atoms with Crippen LogP contribution in [0.25, 0.3) is 0 Å². The summed E-state index contributed by atoms with van der Waals surface area (Å²) in [4.78, 5) is 39.2. The van der Waals surface area contributed by atoms with E-state index in [4.69, 9.17) is 21.1 Å². The molecule has 1 aromatic rings. The highest BCUT2D eigenvalue weighted by Gasteiger charge is 2.65. The number of allylic oxidation sites excluding steroid dienone is 2. The molecule has 0 amide bonds. The van der Waals surface area contributed by atoms with E-state index in [9.17, 15) is 22.8 Å². The fourth-order valence-corrected chi connectivity index (χ4v) is 5.47. The Balaban J connectivity index is 2.12. The number of hydrogen-bond donors (Lipinski definition) is 0. The second kappa shape index (κ2) is 7.50. The molecule has 0 bridgehead atoms. The molecule has 0 spiro atoms. The molecule has 162 valence electrons. The summed E-state index contributed by atoms with van der Waals surface area (Å²) in [6, 6.07) is 2.60. The number of carbonyl (C=O) groups excluding carboxylic acids is 3. The summed E-state index contributed by atoms with van der Waals surface area (Å²) in [6.07, 6.45) is 1.56. The van der Waals surface area contributed by atoms with Crippen molar-refractivity contribution in [3.63, 3.8) is 0 Å². The predicted molar refractivity (Wildman–Crippen MR) is 109 cm³/mol. The van der Waals surface area contributed by atoms with Crippen LogP contribution in [0.15, 0.2) is 27.6 Å². The van der Waals surface area contributed by atoms with Gasteiger partial charge >= 0.3 is 5.97 Å². The number of ketones is 2. The topological polar surface area (TPSA) is 104 Å². The lowest BCUT2D eigenvalue weighted by atomic mass is 9.72. The van der Waals surface area contributed by atoms with Crippen LogP contribution in [0.1, 0.15) is 36.2 Å². The Bertz CT molecular complexity index is 1100. The van der Waals surface area contributed by atoms with Crippen molar-refractivity contribution in [2.45, 2.75) is 32.1 Å². The number of methoxy groups -OCH3 is 1. The Morgan fingerprint density at radius 2 is 1.93 bits per heavy atom. The average Bonchev–Trinajstić information content (AvgIpc) is 3.47. The van der Waals surface area contributed by atoms with E-state index in [0.717, 1.165) is 6.26 Å². The first-order chi connectivity index (χ1) is 13.9. The molecule has 1 fully saturated rings. The van der Waals surface area contributed by atoms with Gasteiger partial charge in [-0.05, 0) is 45.2 Å². The fourth-order valence-electron chi connectivity index (χ4n) is 4.16. The monoisotopic (exact) mass is 454 g/mol. The van der Waals surface area contributed by atoms with E-state index >= 15 is 0 Å². The summed E-state index contributed by atoms with van der Waals surface area (Å²) in [5.74, 6) is -2.52. The van der Waals surface area contributed by atoms with Crippen LogP contribution in [0, 0.1) is 24.2 Å². The van der Waals surface area contributed by atoms with Crippen LogP contribution >= 0.6 is 11.6 Å². The first kappa shape index (κ1) is 22.5. The quantitative estimate of drug-likeness (QED) is 0.281. The second-order valence-corrected chi connectivity index (χ2v) is 10.2. The van der Waals surface area contributed by atoms with Gasteiger partial charge in [-0.1, -0.05) is 11.6 Å². The number of fused-ring (bicyclic) bond motifs is 1. The number of hydrogen-bond acceptors (Lipinski definition) is 7. The zero-order valence-electron chi connectivity index (χ0n) is 17.4. The van der Waals surface area contributed by atoms with E-state index in [1.165, 1.54) is 33.1 Å². The predicted octanol–water partition coefficient (Wildman–Crippen LogP) is 2.87. The van der Waals surface area contributed by atoms with Gasteiger partial charge in [-0.2, -0.15) is 0 Å². The molecule has 7 nitrogen and oxygen atoms in total. The van der Waals surface area contributed by atoms with Gasteiger partial charge in [-0.15, -0.1) is 0 Å². The molecule has 1 aromatic carbocycles. The molecule has 3 unspecified atom stereocenters. The number of sulfone groups is 1. The highest BCUT2D eigenvalue weighted by Crippen LogP contribution is 2.61. The maximum atomic E-state index is 13.4. The third kappa shape index (κ3) is 3.26. The van der Waals surface area contributed by atoms with Crippen molar-refractivity contribution in [3.8, 4) is 5.75 Å². The highest BCUT2D eigenvalue weighted by molar-refractivity contribution is 7.90. The van der Waals surface area contributed by atoms with E-state index in [0.29, 0.717) is 6.42 Å². The summed E-state index contributed by atoms with van der Waals surface area (Å²) in [5.41, 5.74) is -1.37. The van der Waals surface area contributed by atoms with Gasteiger partial charge in [0, 0.05) is 28.3 Å². The SMILES string of the molecule is CCOC(=O)C1(C)C(=O)C(C(=O)c2ccc(S(C)(=O)=O)c(OC)c2C)=C(Cl)C2CC21. The lowest BCUT2D eigenvalue weighted by molar-refractivity contribution is -0.159. The Labute approximate surface area is 180 Å². The minimum atomic E-state index is -3.60. The Kier molecular flexibility index (Phi) is 5.62. The summed E-state index contributed by atoms with van der Waals surface area (Å²) in [7, 11) is -2.30. The number of halogens is 1. The van der Waals surface area contributed by atoms with Gasteiger partial charge in [-0.25, -0.2) is 8.42 Å². The van der Waals surface area contributed by atoms with Crippen LogP contribution in [0.2, 0.25) is 0 Å². The van der Waals surface area contributed by atoms with Crippen molar-refractivity contribution >= 4 is 39.0 Å². The zero-order chi connectivity index (χ0) is 22.6. The molecule has 0 N–H and O–H groups in total. The molecule has 3 rings (SSSR count). The van der Waals surface area contributed by atoms with Crippen molar-refractivity contribution in [1.29, 1.82) is 0 Å². The molecule has 30 heavy (non-hydrogen) atoms. The number of Topliss-reactive ketones (excluding diaryl/α,β-unsaturated/α-hetero) is 2. The van der Waals surface area contributed by atoms with Crippen LogP contribution < -0.4 is 4.74 Å². The summed E-state index contributed by atoms with van der Waals surface area (Å²) < 4.78 is 34.4. The second-order valence-electron chi connectivity index (χ2n) is 7.79. The minimum absolute atomic E-state index is 0.0285. The van der Waals surface area contributed by atoms with Crippen molar-refractivity contribution in [3.05, 3.63) is 33.9 Å². The first-order valence-electron chi connectivity index (χ1n) is 9.45. The van der Waals surface area contributed by atoms with Crippen molar-refractivity contribution in [2.75, 3.05) is 20.0 Å². The van der Waals surface area contributed by atoms with Crippen molar-refractivity contribution < 1.29 is 32.3 Å².